The molecule has 0 bridgehead atoms. The normalized spacial score (nSPS) is 22.0. The molecule has 2 fully saturated rings. The van der Waals surface area contributed by atoms with E-state index in [0.29, 0.717) is 19.7 Å². The molecule has 3 rings (SSSR count). The lowest BCUT2D eigenvalue weighted by molar-refractivity contribution is -0.153. The summed E-state index contributed by atoms with van der Waals surface area (Å²) in [5, 5.41) is 0. The molecule has 0 aromatic heterocycles. The summed E-state index contributed by atoms with van der Waals surface area (Å²) in [5.41, 5.74) is 0.482. The van der Waals surface area contributed by atoms with E-state index in [-0.39, 0.29) is 17.8 Å². The van der Waals surface area contributed by atoms with E-state index in [2.05, 4.69) is 0 Å². The minimum Gasteiger partial charge on any atom is -0.496 e. The zero-order valence-corrected chi connectivity index (χ0v) is 15.1. The van der Waals surface area contributed by atoms with Gasteiger partial charge < -0.3 is 14.4 Å². The predicted octanol–water partition coefficient (Wildman–Crippen LogP) is 2.92. The molecule has 0 spiro atoms. The van der Waals surface area contributed by atoms with Gasteiger partial charge >= 0.3 is 5.97 Å². The summed E-state index contributed by atoms with van der Waals surface area (Å²) in [7, 11) is 1.65. The van der Waals surface area contributed by atoms with Gasteiger partial charge in [0.05, 0.1) is 25.0 Å². The highest BCUT2D eigenvalue weighted by atomic mass is 16.5. The van der Waals surface area contributed by atoms with Gasteiger partial charge in [-0.2, -0.15) is 0 Å². The second-order valence-electron chi connectivity index (χ2n) is 6.98. The second kappa shape index (κ2) is 7.46. The number of ether oxygens (including phenoxy) is 2. The molecule has 1 heterocycles. The summed E-state index contributed by atoms with van der Waals surface area (Å²) < 4.78 is 10.7. The molecule has 1 aromatic rings. The number of para-hydroxylation sites is 1. The van der Waals surface area contributed by atoms with Crippen LogP contribution in [0.5, 0.6) is 5.75 Å². The van der Waals surface area contributed by atoms with E-state index >= 15 is 0 Å². The Morgan fingerprint density at radius 2 is 2.00 bits per heavy atom. The average molecular weight is 345 g/mol. The molecule has 1 saturated carbocycles. The van der Waals surface area contributed by atoms with E-state index in [1.165, 1.54) is 0 Å². The SMILES string of the molecule is CCOC(=O)C1CCCN(C(=O)C2(c3ccccc3OC)CCC2)C1. The van der Waals surface area contributed by atoms with Gasteiger partial charge in [0.1, 0.15) is 5.75 Å². The first-order chi connectivity index (χ1) is 12.1. The van der Waals surface area contributed by atoms with Crippen molar-refractivity contribution in [3.8, 4) is 5.75 Å². The molecule has 0 radical (unpaired) electrons. The lowest BCUT2D eigenvalue weighted by atomic mass is 9.63. The maximum absolute atomic E-state index is 13.4. The third-order valence-corrected chi connectivity index (χ3v) is 5.57. The van der Waals surface area contributed by atoms with Crippen LogP contribution in [0.1, 0.15) is 44.6 Å². The minimum atomic E-state index is -0.497. The first-order valence-electron chi connectivity index (χ1n) is 9.22. The number of esters is 1. The second-order valence-corrected chi connectivity index (χ2v) is 6.98. The van der Waals surface area contributed by atoms with Gasteiger partial charge in [-0.3, -0.25) is 9.59 Å². The van der Waals surface area contributed by atoms with Crippen molar-refractivity contribution >= 4 is 11.9 Å². The molecule has 1 aromatic carbocycles. The van der Waals surface area contributed by atoms with Crippen molar-refractivity contribution in [3.05, 3.63) is 29.8 Å². The van der Waals surface area contributed by atoms with E-state index in [0.717, 1.165) is 43.4 Å². The minimum absolute atomic E-state index is 0.136. The van der Waals surface area contributed by atoms with E-state index in [1.54, 1.807) is 7.11 Å². The van der Waals surface area contributed by atoms with E-state index in [9.17, 15) is 9.59 Å². The zero-order valence-electron chi connectivity index (χ0n) is 15.1. The van der Waals surface area contributed by atoms with Crippen LogP contribution in [0.2, 0.25) is 0 Å². The number of likely N-dealkylation sites (tertiary alicyclic amines) is 1. The molecule has 136 valence electrons. The van der Waals surface area contributed by atoms with Crippen LogP contribution in [0.25, 0.3) is 0 Å². The lowest BCUT2D eigenvalue weighted by Crippen LogP contribution is -2.54. The highest BCUT2D eigenvalue weighted by molar-refractivity contribution is 5.90. The molecule has 2 aliphatic rings. The fourth-order valence-electron chi connectivity index (χ4n) is 4.09. The van der Waals surface area contributed by atoms with Crippen LogP contribution >= 0.6 is 0 Å². The molecule has 1 atom stereocenters. The Hall–Kier alpha value is -2.04. The molecule has 0 N–H and O–H groups in total. The Bertz CT molecular complexity index is 638. The molecule has 1 aliphatic heterocycles. The number of amides is 1. The van der Waals surface area contributed by atoms with Crippen LogP contribution in [0.15, 0.2) is 24.3 Å². The van der Waals surface area contributed by atoms with Crippen molar-refractivity contribution in [2.75, 3.05) is 26.8 Å². The highest BCUT2D eigenvalue weighted by Gasteiger charge is 2.50. The summed E-state index contributed by atoms with van der Waals surface area (Å²) in [4.78, 5) is 27.4. The van der Waals surface area contributed by atoms with Crippen LogP contribution in [0.4, 0.5) is 0 Å². The van der Waals surface area contributed by atoms with Crippen LogP contribution < -0.4 is 4.74 Å². The molecule has 5 heteroatoms. The van der Waals surface area contributed by atoms with Gasteiger partial charge in [0.25, 0.3) is 0 Å². The van der Waals surface area contributed by atoms with E-state index < -0.39 is 5.41 Å². The van der Waals surface area contributed by atoms with Gasteiger partial charge in [0.15, 0.2) is 0 Å². The molecule has 25 heavy (non-hydrogen) atoms. The molecule has 5 nitrogen and oxygen atoms in total. The summed E-state index contributed by atoms with van der Waals surface area (Å²) in [6.07, 6.45) is 4.36. The number of methoxy groups -OCH3 is 1. The van der Waals surface area contributed by atoms with Gasteiger partial charge in [-0.15, -0.1) is 0 Å². The van der Waals surface area contributed by atoms with E-state index in [1.807, 2.05) is 36.1 Å². The summed E-state index contributed by atoms with van der Waals surface area (Å²) in [5.74, 6) is 0.527. The van der Waals surface area contributed by atoms with Crippen molar-refractivity contribution in [3.63, 3.8) is 0 Å². The summed E-state index contributed by atoms with van der Waals surface area (Å²) in [6, 6.07) is 7.81. The molecule has 1 amide bonds. The molecular weight excluding hydrogens is 318 g/mol. The van der Waals surface area contributed by atoms with Gasteiger partial charge in [0, 0.05) is 18.7 Å². The van der Waals surface area contributed by atoms with Crippen molar-refractivity contribution in [2.45, 2.75) is 44.4 Å². The Morgan fingerprint density at radius 3 is 2.64 bits per heavy atom. The lowest BCUT2D eigenvalue weighted by Gasteiger charge is -2.46. The Balaban J connectivity index is 1.81. The molecule has 1 aliphatic carbocycles. The number of rotatable bonds is 5. The van der Waals surface area contributed by atoms with Crippen LogP contribution in [0, 0.1) is 5.92 Å². The number of carbonyl (C=O) groups is 2. The summed E-state index contributed by atoms with van der Waals surface area (Å²) >= 11 is 0. The molecule has 1 saturated heterocycles. The summed E-state index contributed by atoms with van der Waals surface area (Å²) in [6.45, 7) is 3.38. The maximum Gasteiger partial charge on any atom is 0.310 e. The molecule has 1 unspecified atom stereocenters. The van der Waals surface area contributed by atoms with Crippen molar-refractivity contribution in [2.24, 2.45) is 5.92 Å². The third-order valence-electron chi connectivity index (χ3n) is 5.57. The van der Waals surface area contributed by atoms with Crippen LogP contribution in [-0.4, -0.2) is 43.6 Å². The third kappa shape index (κ3) is 3.24. The van der Waals surface area contributed by atoms with Crippen molar-refractivity contribution in [1.82, 2.24) is 4.90 Å². The van der Waals surface area contributed by atoms with Crippen molar-refractivity contribution < 1.29 is 19.1 Å². The van der Waals surface area contributed by atoms with Gasteiger partial charge in [-0.05, 0) is 38.7 Å². The quantitative estimate of drug-likeness (QED) is 0.770. The average Bonchev–Trinajstić information content (AvgIpc) is 2.61. The smallest absolute Gasteiger partial charge is 0.310 e. The number of nitrogens with zero attached hydrogens (tertiary/aromatic N) is 1. The number of piperidine rings is 1. The Morgan fingerprint density at radius 1 is 1.24 bits per heavy atom. The topological polar surface area (TPSA) is 55.8 Å². The number of hydrogen-bond donors (Lipinski definition) is 0. The number of hydrogen-bond acceptors (Lipinski definition) is 4. The maximum atomic E-state index is 13.4. The fourth-order valence-corrected chi connectivity index (χ4v) is 4.09. The van der Waals surface area contributed by atoms with E-state index in [4.69, 9.17) is 9.47 Å². The molecular formula is C20H27NO4. The fraction of sp³-hybridized carbons (Fsp3) is 0.600. The monoisotopic (exact) mass is 345 g/mol. The highest BCUT2D eigenvalue weighted by Crippen LogP contribution is 2.48. The van der Waals surface area contributed by atoms with Crippen LogP contribution in [-0.2, 0) is 19.7 Å². The standard InChI is InChI=1S/C20H27NO4/c1-3-25-18(22)15-8-6-13-21(14-15)19(23)20(11-7-12-20)16-9-4-5-10-17(16)24-2/h4-5,9-10,15H,3,6-8,11-14H2,1-2H3. The first kappa shape index (κ1) is 17.8. The Kier molecular flexibility index (Phi) is 5.30. The van der Waals surface area contributed by atoms with Gasteiger partial charge in [-0.1, -0.05) is 24.6 Å². The van der Waals surface area contributed by atoms with Crippen molar-refractivity contribution in [1.29, 1.82) is 0 Å². The van der Waals surface area contributed by atoms with Gasteiger partial charge in [0.2, 0.25) is 5.91 Å². The van der Waals surface area contributed by atoms with Gasteiger partial charge in [-0.25, -0.2) is 0 Å². The Labute approximate surface area is 149 Å². The number of benzene rings is 1. The zero-order chi connectivity index (χ0) is 17.9. The predicted molar refractivity (Wildman–Crippen MR) is 94.5 cm³/mol. The number of carbonyl (C=O) groups excluding carboxylic acids is 2. The first-order valence-corrected chi connectivity index (χ1v) is 9.22. The van der Waals surface area contributed by atoms with Crippen LogP contribution in [0.3, 0.4) is 0 Å². The largest absolute Gasteiger partial charge is 0.496 e.